The van der Waals surface area contributed by atoms with Crippen molar-refractivity contribution in [1.29, 1.82) is 0 Å². The van der Waals surface area contributed by atoms with Gasteiger partial charge in [0.25, 0.3) is 0 Å². The molecular weight excluding hydrogens is 278 g/mol. The molecule has 2 aliphatic carbocycles. The molecule has 3 aliphatic rings. The van der Waals surface area contributed by atoms with E-state index >= 15 is 0 Å². The molecule has 1 saturated heterocycles. The Morgan fingerprint density at radius 3 is 2.59 bits per heavy atom. The van der Waals surface area contributed by atoms with Crippen molar-refractivity contribution in [2.75, 3.05) is 26.9 Å². The third-order valence-electron chi connectivity index (χ3n) is 5.78. The summed E-state index contributed by atoms with van der Waals surface area (Å²) in [6, 6.07) is 1.000. The fourth-order valence-electron chi connectivity index (χ4n) is 4.46. The third kappa shape index (κ3) is 3.11. The van der Waals surface area contributed by atoms with Crippen LogP contribution in [0.15, 0.2) is 4.99 Å². The van der Waals surface area contributed by atoms with E-state index in [-0.39, 0.29) is 0 Å². The normalized spacial score (nSPS) is 32.0. The van der Waals surface area contributed by atoms with Crippen molar-refractivity contribution in [2.45, 2.75) is 70.1 Å². The zero-order chi connectivity index (χ0) is 15.4. The van der Waals surface area contributed by atoms with Crippen LogP contribution in [0.25, 0.3) is 0 Å². The maximum atomic E-state index is 5.99. The fourth-order valence-corrected chi connectivity index (χ4v) is 4.46. The second-order valence-corrected chi connectivity index (χ2v) is 6.92. The summed E-state index contributed by atoms with van der Waals surface area (Å²) < 4.78 is 11.4. The van der Waals surface area contributed by atoms with Gasteiger partial charge < -0.3 is 20.1 Å². The summed E-state index contributed by atoms with van der Waals surface area (Å²) >= 11 is 0. The summed E-state index contributed by atoms with van der Waals surface area (Å²) in [4.78, 5) is 4.44. The van der Waals surface area contributed by atoms with Crippen molar-refractivity contribution in [2.24, 2.45) is 10.4 Å². The second kappa shape index (κ2) is 7.18. The maximum Gasteiger partial charge on any atom is 0.191 e. The minimum absolute atomic E-state index is 0.351. The Morgan fingerprint density at radius 2 is 1.95 bits per heavy atom. The first-order valence-electron chi connectivity index (χ1n) is 8.97. The van der Waals surface area contributed by atoms with Crippen LogP contribution in [0.3, 0.4) is 0 Å². The summed E-state index contributed by atoms with van der Waals surface area (Å²) in [6.45, 7) is 4.64. The predicted molar refractivity (Wildman–Crippen MR) is 88.2 cm³/mol. The molecule has 1 heterocycles. The van der Waals surface area contributed by atoms with Crippen LogP contribution in [0, 0.1) is 5.41 Å². The highest BCUT2D eigenvalue weighted by Crippen LogP contribution is 2.54. The Labute approximate surface area is 134 Å². The first-order valence-corrected chi connectivity index (χ1v) is 8.97. The predicted octanol–water partition coefficient (Wildman–Crippen LogP) is 2.07. The van der Waals surface area contributed by atoms with Crippen molar-refractivity contribution >= 4 is 5.96 Å². The topological polar surface area (TPSA) is 54.9 Å². The smallest absolute Gasteiger partial charge is 0.191 e. The molecule has 5 nitrogen and oxygen atoms in total. The first-order chi connectivity index (χ1) is 10.8. The lowest BCUT2D eigenvalue weighted by Gasteiger charge is -2.54. The lowest BCUT2D eigenvalue weighted by molar-refractivity contribution is -0.125. The van der Waals surface area contributed by atoms with E-state index < -0.39 is 0 Å². The highest BCUT2D eigenvalue weighted by Gasteiger charge is 2.57. The Morgan fingerprint density at radius 1 is 1.23 bits per heavy atom. The van der Waals surface area contributed by atoms with Crippen LogP contribution in [0.2, 0.25) is 0 Å². The van der Waals surface area contributed by atoms with E-state index in [9.17, 15) is 0 Å². The number of aliphatic imine (C=N–C) groups is 1. The van der Waals surface area contributed by atoms with E-state index in [0.717, 1.165) is 45.0 Å². The fraction of sp³-hybridized carbons (Fsp3) is 0.941. The lowest BCUT2D eigenvalue weighted by atomic mass is 9.60. The zero-order valence-corrected chi connectivity index (χ0v) is 14.1. The Bertz CT molecular complexity index is 387. The summed E-state index contributed by atoms with van der Waals surface area (Å²) in [5.74, 6) is 0.957. The van der Waals surface area contributed by atoms with Crippen molar-refractivity contribution < 1.29 is 9.47 Å². The molecule has 3 rings (SSSR count). The molecule has 2 atom stereocenters. The number of nitrogens with one attached hydrogen (secondary N) is 2. The van der Waals surface area contributed by atoms with Gasteiger partial charge in [-0.3, -0.25) is 4.99 Å². The molecule has 2 N–H and O–H groups in total. The van der Waals surface area contributed by atoms with Gasteiger partial charge in [0, 0.05) is 44.4 Å². The molecule has 0 bridgehead atoms. The van der Waals surface area contributed by atoms with E-state index in [1.165, 1.54) is 25.7 Å². The van der Waals surface area contributed by atoms with Gasteiger partial charge in [0.05, 0.1) is 6.10 Å². The molecular formula is C17H31N3O2. The molecule has 3 fully saturated rings. The second-order valence-electron chi connectivity index (χ2n) is 6.92. The maximum absolute atomic E-state index is 5.99. The third-order valence-corrected chi connectivity index (χ3v) is 5.78. The molecule has 22 heavy (non-hydrogen) atoms. The van der Waals surface area contributed by atoms with Crippen LogP contribution < -0.4 is 10.6 Å². The van der Waals surface area contributed by atoms with E-state index in [1.54, 1.807) is 0 Å². The average molecular weight is 309 g/mol. The van der Waals surface area contributed by atoms with Crippen LogP contribution >= 0.6 is 0 Å². The van der Waals surface area contributed by atoms with Gasteiger partial charge in [-0.15, -0.1) is 0 Å². The van der Waals surface area contributed by atoms with Crippen LogP contribution in [-0.2, 0) is 9.47 Å². The monoisotopic (exact) mass is 309 g/mol. The molecule has 126 valence electrons. The largest absolute Gasteiger partial charge is 0.381 e. The van der Waals surface area contributed by atoms with Crippen LogP contribution in [0.4, 0.5) is 0 Å². The van der Waals surface area contributed by atoms with Crippen molar-refractivity contribution in [3.8, 4) is 0 Å². The minimum Gasteiger partial charge on any atom is -0.381 e. The number of hydrogen-bond donors (Lipinski definition) is 2. The van der Waals surface area contributed by atoms with E-state index in [4.69, 9.17) is 9.47 Å². The first kappa shape index (κ1) is 16.1. The molecule has 2 saturated carbocycles. The van der Waals surface area contributed by atoms with Gasteiger partial charge in [0.15, 0.2) is 5.96 Å². The van der Waals surface area contributed by atoms with E-state index in [1.807, 2.05) is 7.05 Å². The summed E-state index contributed by atoms with van der Waals surface area (Å²) in [6.07, 6.45) is 8.96. The molecule has 1 aliphatic heterocycles. The number of nitrogens with zero attached hydrogens (tertiary/aromatic N) is 1. The SMILES string of the molecule is CCOC1CC(NC(=NC)NC2CCOCC2)C12CCCC2. The molecule has 0 radical (unpaired) electrons. The highest BCUT2D eigenvalue weighted by molar-refractivity contribution is 5.80. The Hall–Kier alpha value is -0.810. The zero-order valence-electron chi connectivity index (χ0n) is 14.1. The average Bonchev–Trinajstić information content (AvgIpc) is 3.06. The van der Waals surface area contributed by atoms with Crippen molar-refractivity contribution in [3.63, 3.8) is 0 Å². The molecule has 5 heteroatoms. The molecule has 0 aromatic heterocycles. The summed E-state index contributed by atoms with van der Waals surface area (Å²) in [5, 5.41) is 7.27. The molecule has 0 aromatic rings. The van der Waals surface area contributed by atoms with Crippen LogP contribution in [0.1, 0.15) is 51.9 Å². The molecule has 0 amide bonds. The van der Waals surface area contributed by atoms with Gasteiger partial charge in [-0.25, -0.2) is 0 Å². The van der Waals surface area contributed by atoms with Gasteiger partial charge in [-0.05, 0) is 39.0 Å². The van der Waals surface area contributed by atoms with Crippen LogP contribution in [0.5, 0.6) is 0 Å². The molecule has 0 aromatic carbocycles. The number of hydrogen-bond acceptors (Lipinski definition) is 3. The number of ether oxygens (including phenoxy) is 2. The number of rotatable bonds is 4. The highest BCUT2D eigenvalue weighted by atomic mass is 16.5. The lowest BCUT2D eigenvalue weighted by Crippen LogP contribution is -2.65. The van der Waals surface area contributed by atoms with Gasteiger partial charge in [-0.1, -0.05) is 12.8 Å². The van der Waals surface area contributed by atoms with Crippen LogP contribution in [-0.4, -0.2) is 51.0 Å². The quantitative estimate of drug-likeness (QED) is 0.616. The molecule has 1 spiro atoms. The van der Waals surface area contributed by atoms with E-state index in [0.29, 0.717) is 23.6 Å². The Balaban J connectivity index is 1.56. The standard InChI is InChI=1S/C17H31N3O2/c1-3-22-15-12-14(17(15)8-4-5-9-17)20-16(18-2)19-13-6-10-21-11-7-13/h13-15H,3-12H2,1-2H3,(H2,18,19,20). The molecule has 2 unspecified atom stereocenters. The van der Waals surface area contributed by atoms with Gasteiger partial charge >= 0.3 is 0 Å². The van der Waals surface area contributed by atoms with Gasteiger partial charge in [-0.2, -0.15) is 0 Å². The van der Waals surface area contributed by atoms with Gasteiger partial charge in [0.2, 0.25) is 0 Å². The number of guanidine groups is 1. The van der Waals surface area contributed by atoms with Crippen molar-refractivity contribution in [3.05, 3.63) is 0 Å². The van der Waals surface area contributed by atoms with Gasteiger partial charge in [0.1, 0.15) is 0 Å². The summed E-state index contributed by atoms with van der Waals surface area (Å²) in [7, 11) is 1.87. The van der Waals surface area contributed by atoms with Crippen molar-refractivity contribution in [1.82, 2.24) is 10.6 Å². The Kier molecular flexibility index (Phi) is 5.24. The summed E-state index contributed by atoms with van der Waals surface area (Å²) in [5.41, 5.74) is 0.351. The van der Waals surface area contributed by atoms with E-state index in [2.05, 4.69) is 22.5 Å². The minimum atomic E-state index is 0.351.